The zero-order valence-electron chi connectivity index (χ0n) is 28.8. The maximum atomic E-state index is 13.6. The van der Waals surface area contributed by atoms with Gasteiger partial charge in [0.15, 0.2) is 5.75 Å². The summed E-state index contributed by atoms with van der Waals surface area (Å²) in [5, 5.41) is 10.4. The lowest BCUT2D eigenvalue weighted by molar-refractivity contribution is -0.139. The fraction of sp³-hybridized carbons (Fsp3) is 0.351. The smallest absolute Gasteiger partial charge is 0.323 e. The van der Waals surface area contributed by atoms with Crippen molar-refractivity contribution in [3.8, 4) is 5.75 Å². The van der Waals surface area contributed by atoms with Gasteiger partial charge in [-0.3, -0.25) is 14.4 Å². The molecule has 0 saturated carbocycles. The lowest BCUT2D eigenvalue weighted by atomic mass is 9.86. The third kappa shape index (κ3) is 8.69. The Morgan fingerprint density at radius 1 is 0.939 bits per heavy atom. The van der Waals surface area contributed by atoms with Crippen LogP contribution in [0.3, 0.4) is 0 Å². The Kier molecular flexibility index (Phi) is 10.8. The largest absolute Gasteiger partial charge is 0.492 e. The average Bonchev–Trinajstić information content (AvgIpc) is 3.06. The summed E-state index contributed by atoms with van der Waals surface area (Å²) in [6.45, 7) is 7.53. The van der Waals surface area contributed by atoms with Crippen molar-refractivity contribution < 1.29 is 27.5 Å². The predicted molar refractivity (Wildman–Crippen MR) is 195 cm³/mol. The molecule has 4 aromatic carbocycles. The van der Waals surface area contributed by atoms with Crippen LogP contribution in [0.25, 0.3) is 10.8 Å². The maximum Gasteiger partial charge on any atom is 0.323 e. The van der Waals surface area contributed by atoms with Crippen molar-refractivity contribution in [2.75, 3.05) is 55.5 Å². The van der Waals surface area contributed by atoms with Crippen LogP contribution in [0, 0.1) is 0 Å². The molecule has 0 radical (unpaired) electrons. The second kappa shape index (κ2) is 14.9. The lowest BCUT2D eigenvalue weighted by Gasteiger charge is -2.38. The number of sulfonamides is 1. The Morgan fingerprint density at radius 2 is 1.59 bits per heavy atom. The lowest BCUT2D eigenvalue weighted by Crippen LogP contribution is -2.50. The summed E-state index contributed by atoms with van der Waals surface area (Å²) < 4.78 is 38.3. The molecule has 0 aromatic heterocycles. The second-order valence-corrected chi connectivity index (χ2v) is 15.0. The molecule has 0 spiro atoms. The van der Waals surface area contributed by atoms with E-state index in [4.69, 9.17) is 9.47 Å². The number of morpholine rings is 1. The Balaban J connectivity index is 1.50. The summed E-state index contributed by atoms with van der Waals surface area (Å²) >= 11 is 0. The van der Waals surface area contributed by atoms with Gasteiger partial charge >= 0.3 is 6.03 Å². The van der Waals surface area contributed by atoms with Crippen LogP contribution in [0.1, 0.15) is 43.5 Å². The molecule has 12 heteroatoms. The van der Waals surface area contributed by atoms with E-state index in [0.29, 0.717) is 37.5 Å². The van der Waals surface area contributed by atoms with E-state index in [9.17, 15) is 18.0 Å². The number of carbonyl (C=O) groups is 2. The second-order valence-electron chi connectivity index (χ2n) is 13.2. The van der Waals surface area contributed by atoms with E-state index in [2.05, 4.69) is 37.7 Å². The minimum Gasteiger partial charge on any atom is -0.492 e. The van der Waals surface area contributed by atoms with Gasteiger partial charge in [-0.2, -0.15) is 0 Å². The fourth-order valence-electron chi connectivity index (χ4n) is 6.19. The van der Waals surface area contributed by atoms with Gasteiger partial charge in [0.05, 0.1) is 37.0 Å². The van der Waals surface area contributed by atoms with Crippen LogP contribution < -0.4 is 25.4 Å². The first-order valence-corrected chi connectivity index (χ1v) is 18.1. The number of benzene rings is 4. The van der Waals surface area contributed by atoms with Crippen molar-refractivity contribution >= 4 is 49.8 Å². The van der Waals surface area contributed by atoms with E-state index in [-0.39, 0.29) is 28.8 Å². The topological polar surface area (TPSA) is 138 Å². The molecule has 1 saturated heterocycles. The highest BCUT2D eigenvalue weighted by Gasteiger charge is 2.32. The molecule has 1 fully saturated rings. The molecular formula is C37H45N5O6S. The number of hydrogen-bond acceptors (Lipinski definition) is 7. The number of nitrogens with one attached hydrogen (secondary N) is 4. The van der Waals surface area contributed by atoms with Gasteiger partial charge in [-0.05, 0) is 52.1 Å². The van der Waals surface area contributed by atoms with Crippen LogP contribution in [-0.2, 0) is 31.4 Å². The third-order valence-corrected chi connectivity index (χ3v) is 9.21. The molecular weight excluding hydrogens is 643 g/mol. The van der Waals surface area contributed by atoms with Gasteiger partial charge in [-0.15, -0.1) is 0 Å². The van der Waals surface area contributed by atoms with Gasteiger partial charge in [0, 0.05) is 31.6 Å². The SMILES string of the molecule is CNC(=O)C1CN(C(Cc2ccccc2)c2ccc(NC(=O)Nc3cc(C(C)(C)C)cc(NS(C)(=O)=O)c3OC)c3ccccc23)CCO1. The van der Waals surface area contributed by atoms with Crippen molar-refractivity contribution in [3.63, 3.8) is 0 Å². The molecule has 3 amide bonds. The maximum absolute atomic E-state index is 13.6. The van der Waals surface area contributed by atoms with Crippen LogP contribution in [0.15, 0.2) is 78.9 Å². The highest BCUT2D eigenvalue weighted by atomic mass is 32.2. The Morgan fingerprint density at radius 3 is 2.24 bits per heavy atom. The zero-order valence-corrected chi connectivity index (χ0v) is 29.6. The van der Waals surface area contributed by atoms with Crippen molar-refractivity contribution in [2.45, 2.75) is 44.8 Å². The molecule has 5 rings (SSSR count). The van der Waals surface area contributed by atoms with Crippen LogP contribution >= 0.6 is 0 Å². The molecule has 4 N–H and O–H groups in total. The minimum absolute atomic E-state index is 0.0728. The van der Waals surface area contributed by atoms with Gasteiger partial charge < -0.3 is 25.4 Å². The molecule has 260 valence electrons. The number of amides is 3. The Bertz CT molecular complexity index is 1930. The van der Waals surface area contributed by atoms with Crippen LogP contribution in [-0.4, -0.2) is 71.5 Å². The van der Waals surface area contributed by atoms with Gasteiger partial charge in [-0.25, -0.2) is 13.2 Å². The van der Waals surface area contributed by atoms with Crippen LogP contribution in [0.4, 0.5) is 21.9 Å². The van der Waals surface area contributed by atoms with E-state index >= 15 is 0 Å². The zero-order chi connectivity index (χ0) is 35.3. The molecule has 0 bridgehead atoms. The number of hydrogen-bond donors (Lipinski definition) is 4. The van der Waals surface area contributed by atoms with E-state index in [1.807, 2.05) is 75.4 Å². The van der Waals surface area contributed by atoms with Gasteiger partial charge in [-0.1, -0.05) is 81.4 Å². The number of urea groups is 1. The summed E-state index contributed by atoms with van der Waals surface area (Å²) in [5.74, 6) is 0.0422. The van der Waals surface area contributed by atoms with Crippen molar-refractivity contribution in [2.24, 2.45) is 0 Å². The summed E-state index contributed by atoms with van der Waals surface area (Å²) in [7, 11) is -0.589. The average molecular weight is 688 g/mol. The number of carbonyl (C=O) groups excluding carboxylic acids is 2. The normalized spacial score (nSPS) is 16.1. The molecule has 0 aliphatic carbocycles. The molecule has 11 nitrogen and oxygen atoms in total. The number of rotatable bonds is 10. The summed E-state index contributed by atoms with van der Waals surface area (Å²) in [6, 6.07) is 25.0. The van der Waals surface area contributed by atoms with E-state index < -0.39 is 22.2 Å². The quantitative estimate of drug-likeness (QED) is 0.163. The summed E-state index contributed by atoms with van der Waals surface area (Å²) in [5.41, 5.74) is 3.83. The van der Waals surface area contributed by atoms with Crippen LogP contribution in [0.5, 0.6) is 5.75 Å². The highest BCUT2D eigenvalue weighted by molar-refractivity contribution is 7.92. The van der Waals surface area contributed by atoms with Crippen LogP contribution in [0.2, 0.25) is 0 Å². The minimum atomic E-state index is -3.63. The number of methoxy groups -OCH3 is 1. The van der Waals surface area contributed by atoms with Crippen molar-refractivity contribution in [3.05, 3.63) is 95.6 Å². The Hall–Kier alpha value is -4.65. The van der Waals surface area contributed by atoms with Gasteiger partial charge in [0.1, 0.15) is 6.10 Å². The number of likely N-dealkylation sites (N-methyl/N-ethyl adjacent to an activating group) is 1. The monoisotopic (exact) mass is 687 g/mol. The molecule has 1 heterocycles. The molecule has 49 heavy (non-hydrogen) atoms. The van der Waals surface area contributed by atoms with E-state index in [0.717, 1.165) is 33.7 Å². The molecule has 4 aromatic rings. The van der Waals surface area contributed by atoms with Crippen molar-refractivity contribution in [1.82, 2.24) is 10.2 Å². The number of ether oxygens (including phenoxy) is 2. The summed E-state index contributed by atoms with van der Waals surface area (Å²) in [4.78, 5) is 28.5. The standard InChI is InChI=1S/C37H45N5O6S/c1-37(2,3)25-21-30(34(47-5)31(22-25)41-49(6,45)46)40-36(44)39-29-17-16-28(26-14-10-11-15-27(26)29)32(20-24-12-8-7-9-13-24)42-18-19-48-33(23-42)35(43)38-4/h7-17,21-22,32-33,41H,18-20,23H2,1-6H3,(H,38,43)(H2,39,40,44). The van der Waals surface area contributed by atoms with Crippen molar-refractivity contribution in [1.29, 1.82) is 0 Å². The number of fused-ring (bicyclic) bond motifs is 1. The first kappa shape index (κ1) is 35.7. The molecule has 2 atom stereocenters. The van der Waals surface area contributed by atoms with E-state index in [1.54, 1.807) is 19.2 Å². The number of nitrogens with zero attached hydrogens (tertiary/aromatic N) is 1. The Labute approximate surface area is 288 Å². The van der Waals surface area contributed by atoms with Gasteiger partial charge in [0.2, 0.25) is 15.9 Å². The molecule has 2 unspecified atom stereocenters. The third-order valence-electron chi connectivity index (χ3n) is 8.62. The molecule has 1 aliphatic heterocycles. The molecule has 1 aliphatic rings. The first-order chi connectivity index (χ1) is 23.3. The number of anilines is 3. The van der Waals surface area contributed by atoms with Gasteiger partial charge in [0.25, 0.3) is 0 Å². The fourth-order valence-corrected chi connectivity index (χ4v) is 6.74. The predicted octanol–water partition coefficient (Wildman–Crippen LogP) is 5.89. The van der Waals surface area contributed by atoms with E-state index in [1.165, 1.54) is 7.11 Å². The summed E-state index contributed by atoms with van der Waals surface area (Å²) in [6.07, 6.45) is 1.20. The first-order valence-electron chi connectivity index (χ1n) is 16.2. The highest BCUT2D eigenvalue weighted by Crippen LogP contribution is 2.40.